The molecule has 7 nitrogen and oxygen atoms in total. The van der Waals surface area contributed by atoms with Crippen LogP contribution in [0.1, 0.15) is 5.56 Å². The first-order valence-corrected chi connectivity index (χ1v) is 8.25. The Morgan fingerprint density at radius 3 is 2.56 bits per heavy atom. The molecule has 0 radical (unpaired) electrons. The van der Waals surface area contributed by atoms with Gasteiger partial charge in [-0.15, -0.1) is 5.10 Å². The highest BCUT2D eigenvalue weighted by atomic mass is 16.2. The lowest BCUT2D eigenvalue weighted by atomic mass is 10.1. The van der Waals surface area contributed by atoms with Gasteiger partial charge in [-0.25, -0.2) is 9.48 Å². The number of pyridine rings is 1. The van der Waals surface area contributed by atoms with Crippen LogP contribution in [0.3, 0.4) is 0 Å². The van der Waals surface area contributed by atoms with Gasteiger partial charge in [0.1, 0.15) is 6.54 Å². The number of amides is 1. The van der Waals surface area contributed by atoms with E-state index in [-0.39, 0.29) is 18.1 Å². The van der Waals surface area contributed by atoms with Crippen LogP contribution in [0.25, 0.3) is 5.65 Å². The zero-order valence-corrected chi connectivity index (χ0v) is 13.9. The molecule has 130 valence electrons. The lowest BCUT2D eigenvalue weighted by molar-refractivity contribution is -0.132. The Kier molecular flexibility index (Phi) is 5.25. The highest BCUT2D eigenvalue weighted by Gasteiger charge is 2.16. The lowest BCUT2D eigenvalue weighted by Gasteiger charge is -2.21. The van der Waals surface area contributed by atoms with Gasteiger partial charge in [0, 0.05) is 25.8 Å². The number of hydrogen-bond acceptors (Lipinski definition) is 4. The first-order chi connectivity index (χ1) is 12.2. The number of fused-ring (bicyclic) bond motifs is 1. The largest absolute Gasteiger partial charge is 0.350 e. The second-order valence-corrected chi connectivity index (χ2v) is 5.77. The van der Waals surface area contributed by atoms with Crippen LogP contribution in [0, 0.1) is 0 Å². The third-order valence-corrected chi connectivity index (χ3v) is 4.04. The summed E-state index contributed by atoms with van der Waals surface area (Å²) in [6, 6.07) is 15.2. The summed E-state index contributed by atoms with van der Waals surface area (Å²) in [4.78, 5) is 26.6. The number of rotatable bonds is 7. The predicted molar refractivity (Wildman–Crippen MR) is 95.2 cm³/mol. The van der Waals surface area contributed by atoms with Gasteiger partial charge in [0.15, 0.2) is 5.65 Å². The highest BCUT2D eigenvalue weighted by molar-refractivity contribution is 5.76. The molecule has 0 spiro atoms. The second-order valence-electron chi connectivity index (χ2n) is 5.77. The van der Waals surface area contributed by atoms with Crippen molar-refractivity contribution in [1.29, 1.82) is 0 Å². The molecule has 2 aromatic heterocycles. The maximum absolute atomic E-state index is 12.6. The van der Waals surface area contributed by atoms with Gasteiger partial charge in [-0.05, 0) is 24.1 Å². The summed E-state index contributed by atoms with van der Waals surface area (Å²) < 4.78 is 2.62. The van der Waals surface area contributed by atoms with Crippen LogP contribution >= 0.6 is 0 Å². The first-order valence-electron chi connectivity index (χ1n) is 8.25. The predicted octanol–water partition coefficient (Wildman–Crippen LogP) is 0.526. The van der Waals surface area contributed by atoms with Gasteiger partial charge < -0.3 is 10.6 Å². The molecule has 3 aromatic rings. The molecule has 0 saturated heterocycles. The van der Waals surface area contributed by atoms with Crippen LogP contribution in [-0.4, -0.2) is 44.6 Å². The number of carbonyl (C=O) groups is 1. The standard InChI is InChI=1S/C18H21N5O2/c19-10-13-21(12-9-15-6-2-1-3-7-15)17(24)14-23-18(25)22-11-5-4-8-16(22)20-23/h1-8,11H,9-10,12-14,19H2. The molecule has 0 unspecified atom stereocenters. The fraction of sp³-hybridized carbons (Fsp3) is 0.278. The molecule has 0 fully saturated rings. The summed E-state index contributed by atoms with van der Waals surface area (Å²) in [6.45, 7) is 1.30. The van der Waals surface area contributed by atoms with E-state index >= 15 is 0 Å². The molecule has 0 bridgehead atoms. The summed E-state index contributed by atoms with van der Waals surface area (Å²) in [6.07, 6.45) is 2.38. The van der Waals surface area contributed by atoms with E-state index in [0.29, 0.717) is 25.3 Å². The number of hydrogen-bond donors (Lipinski definition) is 1. The topological polar surface area (TPSA) is 85.6 Å². The monoisotopic (exact) mass is 339 g/mol. The Balaban J connectivity index is 1.71. The zero-order chi connectivity index (χ0) is 17.6. The molecule has 1 aromatic carbocycles. The van der Waals surface area contributed by atoms with Crippen molar-refractivity contribution >= 4 is 11.6 Å². The van der Waals surface area contributed by atoms with E-state index in [1.165, 1.54) is 9.08 Å². The SMILES string of the molecule is NCCN(CCc1ccccc1)C(=O)Cn1nc2ccccn2c1=O. The molecular weight excluding hydrogens is 318 g/mol. The minimum Gasteiger partial charge on any atom is -0.339 e. The van der Waals surface area contributed by atoms with Crippen LogP contribution < -0.4 is 11.4 Å². The average molecular weight is 339 g/mol. The van der Waals surface area contributed by atoms with E-state index in [4.69, 9.17) is 5.73 Å². The Bertz CT molecular complexity index is 900. The van der Waals surface area contributed by atoms with Crippen LogP contribution in [-0.2, 0) is 17.8 Å². The maximum Gasteiger partial charge on any atom is 0.350 e. The van der Waals surface area contributed by atoms with E-state index in [9.17, 15) is 9.59 Å². The molecule has 0 aliphatic rings. The molecule has 25 heavy (non-hydrogen) atoms. The van der Waals surface area contributed by atoms with E-state index in [1.807, 2.05) is 30.3 Å². The fourth-order valence-electron chi connectivity index (χ4n) is 2.73. The number of nitrogens with two attached hydrogens (primary N) is 1. The van der Waals surface area contributed by atoms with Crippen molar-refractivity contribution in [2.45, 2.75) is 13.0 Å². The van der Waals surface area contributed by atoms with Crippen molar-refractivity contribution in [3.63, 3.8) is 0 Å². The molecular formula is C18H21N5O2. The van der Waals surface area contributed by atoms with Gasteiger partial charge in [-0.1, -0.05) is 36.4 Å². The van der Waals surface area contributed by atoms with Crippen LogP contribution in [0.4, 0.5) is 0 Å². The Morgan fingerprint density at radius 1 is 1.08 bits per heavy atom. The van der Waals surface area contributed by atoms with E-state index in [1.54, 1.807) is 29.3 Å². The van der Waals surface area contributed by atoms with Crippen LogP contribution in [0.5, 0.6) is 0 Å². The van der Waals surface area contributed by atoms with Crippen molar-refractivity contribution < 1.29 is 4.79 Å². The smallest absolute Gasteiger partial charge is 0.339 e. The summed E-state index contributed by atoms with van der Waals surface area (Å²) >= 11 is 0. The van der Waals surface area contributed by atoms with Crippen molar-refractivity contribution in [2.24, 2.45) is 5.73 Å². The van der Waals surface area contributed by atoms with Crippen molar-refractivity contribution in [1.82, 2.24) is 19.1 Å². The van der Waals surface area contributed by atoms with Gasteiger partial charge in [-0.2, -0.15) is 0 Å². The van der Waals surface area contributed by atoms with Gasteiger partial charge in [0.05, 0.1) is 0 Å². The number of nitrogens with zero attached hydrogens (tertiary/aromatic N) is 4. The molecule has 0 atom stereocenters. The highest BCUT2D eigenvalue weighted by Crippen LogP contribution is 2.03. The molecule has 3 rings (SSSR count). The number of carbonyl (C=O) groups excluding carboxylic acids is 1. The van der Waals surface area contributed by atoms with Gasteiger partial charge >= 0.3 is 5.69 Å². The Morgan fingerprint density at radius 2 is 1.84 bits per heavy atom. The van der Waals surface area contributed by atoms with Gasteiger partial charge in [0.25, 0.3) is 0 Å². The summed E-state index contributed by atoms with van der Waals surface area (Å²) in [7, 11) is 0. The quantitative estimate of drug-likeness (QED) is 0.680. The Labute approximate surface area is 145 Å². The zero-order valence-electron chi connectivity index (χ0n) is 13.9. The molecule has 0 aliphatic heterocycles. The second kappa shape index (κ2) is 7.76. The minimum absolute atomic E-state index is 0.0880. The van der Waals surface area contributed by atoms with Gasteiger partial charge in [0.2, 0.25) is 5.91 Å². The summed E-state index contributed by atoms with van der Waals surface area (Å²) in [5.74, 6) is -0.160. The first kappa shape index (κ1) is 16.9. The van der Waals surface area contributed by atoms with E-state index in [2.05, 4.69) is 5.10 Å². The molecule has 2 heterocycles. The molecule has 0 aliphatic carbocycles. The summed E-state index contributed by atoms with van der Waals surface area (Å²) in [5.41, 5.74) is 7.00. The number of benzene rings is 1. The molecule has 0 saturated carbocycles. The van der Waals surface area contributed by atoms with E-state index in [0.717, 1.165) is 12.0 Å². The van der Waals surface area contributed by atoms with E-state index < -0.39 is 0 Å². The normalized spacial score (nSPS) is 10.9. The van der Waals surface area contributed by atoms with Crippen LogP contribution in [0.15, 0.2) is 59.5 Å². The minimum atomic E-state index is -0.320. The third-order valence-electron chi connectivity index (χ3n) is 4.04. The van der Waals surface area contributed by atoms with Crippen molar-refractivity contribution in [2.75, 3.05) is 19.6 Å². The average Bonchev–Trinajstić information content (AvgIpc) is 2.95. The third kappa shape index (κ3) is 3.95. The fourth-order valence-corrected chi connectivity index (χ4v) is 2.73. The summed E-state index contributed by atoms with van der Waals surface area (Å²) in [5, 5.41) is 4.20. The van der Waals surface area contributed by atoms with Crippen molar-refractivity contribution in [3.05, 3.63) is 70.8 Å². The van der Waals surface area contributed by atoms with Gasteiger partial charge in [-0.3, -0.25) is 9.20 Å². The molecule has 7 heteroatoms. The van der Waals surface area contributed by atoms with Crippen molar-refractivity contribution in [3.8, 4) is 0 Å². The maximum atomic E-state index is 12.6. The molecule has 1 amide bonds. The number of aromatic nitrogens is 3. The Hall–Kier alpha value is -2.93. The van der Waals surface area contributed by atoms with Crippen LogP contribution in [0.2, 0.25) is 0 Å². The molecule has 2 N–H and O–H groups in total. The lowest BCUT2D eigenvalue weighted by Crippen LogP contribution is -2.40.